The van der Waals surface area contributed by atoms with Gasteiger partial charge >= 0.3 is 0 Å². The van der Waals surface area contributed by atoms with E-state index in [4.69, 9.17) is 11.6 Å². The van der Waals surface area contributed by atoms with E-state index >= 15 is 0 Å². The molecule has 0 aliphatic rings. The first kappa shape index (κ1) is 14.1. The fraction of sp³-hybridized carbons (Fsp3) is 0.294. The summed E-state index contributed by atoms with van der Waals surface area (Å²) >= 11 is 6.13. The number of hydrogen-bond donors (Lipinski definition) is 1. The fourth-order valence-corrected chi connectivity index (χ4v) is 2.56. The molecule has 0 amide bonds. The Morgan fingerprint density at radius 2 is 1.74 bits per heavy atom. The molecule has 0 aliphatic carbocycles. The van der Waals surface area contributed by atoms with Crippen molar-refractivity contribution in [2.45, 2.75) is 19.8 Å². The Morgan fingerprint density at radius 1 is 1.05 bits per heavy atom. The van der Waals surface area contributed by atoms with E-state index in [0.717, 1.165) is 21.7 Å². The standard InChI is InChI=1S/C17H19ClO/c1-12(2)17(11-19)15-9-8-14(18)10-16(15)13-6-4-3-5-7-13/h3-10,12,17,19H,11H2,1-2H3. The minimum absolute atomic E-state index is 0.132. The molecule has 0 fully saturated rings. The van der Waals surface area contributed by atoms with Crippen molar-refractivity contribution in [2.75, 3.05) is 6.61 Å². The average Bonchev–Trinajstić information content (AvgIpc) is 2.42. The number of aliphatic hydroxyl groups is 1. The third-order valence-electron chi connectivity index (χ3n) is 3.50. The molecule has 100 valence electrons. The van der Waals surface area contributed by atoms with Crippen molar-refractivity contribution < 1.29 is 5.11 Å². The van der Waals surface area contributed by atoms with Crippen LogP contribution in [0, 0.1) is 5.92 Å². The lowest BCUT2D eigenvalue weighted by Gasteiger charge is -2.22. The van der Waals surface area contributed by atoms with Crippen LogP contribution >= 0.6 is 11.6 Å². The second-order valence-electron chi connectivity index (χ2n) is 5.13. The van der Waals surface area contributed by atoms with E-state index in [2.05, 4.69) is 26.0 Å². The van der Waals surface area contributed by atoms with Crippen molar-refractivity contribution in [2.24, 2.45) is 5.92 Å². The van der Waals surface area contributed by atoms with Crippen molar-refractivity contribution in [3.05, 3.63) is 59.1 Å². The molecule has 0 spiro atoms. The largest absolute Gasteiger partial charge is 0.396 e. The van der Waals surface area contributed by atoms with Crippen LogP contribution < -0.4 is 0 Å². The predicted molar refractivity (Wildman–Crippen MR) is 81.6 cm³/mol. The van der Waals surface area contributed by atoms with Gasteiger partial charge in [-0.2, -0.15) is 0 Å². The minimum Gasteiger partial charge on any atom is -0.396 e. The van der Waals surface area contributed by atoms with Gasteiger partial charge in [-0.1, -0.05) is 61.8 Å². The first-order valence-electron chi connectivity index (χ1n) is 6.59. The molecule has 19 heavy (non-hydrogen) atoms. The van der Waals surface area contributed by atoms with Crippen molar-refractivity contribution >= 4 is 11.6 Å². The van der Waals surface area contributed by atoms with Crippen LogP contribution in [0.5, 0.6) is 0 Å². The summed E-state index contributed by atoms with van der Waals surface area (Å²) in [4.78, 5) is 0. The third kappa shape index (κ3) is 3.17. The molecule has 2 aromatic carbocycles. The van der Waals surface area contributed by atoms with Crippen LogP contribution in [0.2, 0.25) is 5.02 Å². The molecule has 2 rings (SSSR count). The lowest BCUT2D eigenvalue weighted by atomic mass is 9.84. The fourth-order valence-electron chi connectivity index (χ4n) is 2.39. The molecule has 0 aromatic heterocycles. The molecule has 1 N–H and O–H groups in total. The van der Waals surface area contributed by atoms with E-state index in [1.165, 1.54) is 0 Å². The van der Waals surface area contributed by atoms with Gasteiger partial charge in [0.25, 0.3) is 0 Å². The number of aliphatic hydroxyl groups excluding tert-OH is 1. The van der Waals surface area contributed by atoms with Crippen LogP contribution in [0.25, 0.3) is 11.1 Å². The van der Waals surface area contributed by atoms with Crippen molar-refractivity contribution in [1.29, 1.82) is 0 Å². The summed E-state index contributed by atoms with van der Waals surface area (Å²) in [5, 5.41) is 10.4. The van der Waals surface area contributed by atoms with Gasteiger partial charge in [-0.25, -0.2) is 0 Å². The maximum absolute atomic E-state index is 9.66. The summed E-state index contributed by atoms with van der Waals surface area (Å²) in [5.74, 6) is 0.515. The summed E-state index contributed by atoms with van der Waals surface area (Å²) in [7, 11) is 0. The Morgan fingerprint density at radius 3 is 2.32 bits per heavy atom. The molecule has 2 aromatic rings. The molecule has 1 unspecified atom stereocenters. The minimum atomic E-state index is 0.132. The summed E-state index contributed by atoms with van der Waals surface area (Å²) in [6.45, 7) is 4.41. The summed E-state index contributed by atoms with van der Waals surface area (Å²) in [6, 6.07) is 16.1. The first-order valence-corrected chi connectivity index (χ1v) is 6.97. The van der Waals surface area contributed by atoms with E-state index < -0.39 is 0 Å². The number of rotatable bonds is 4. The third-order valence-corrected chi connectivity index (χ3v) is 3.74. The lowest BCUT2D eigenvalue weighted by molar-refractivity contribution is 0.237. The SMILES string of the molecule is CC(C)C(CO)c1ccc(Cl)cc1-c1ccccc1. The zero-order valence-corrected chi connectivity index (χ0v) is 12.1. The quantitative estimate of drug-likeness (QED) is 0.854. The van der Waals surface area contributed by atoms with Crippen LogP contribution in [0.4, 0.5) is 0 Å². The van der Waals surface area contributed by atoms with E-state index in [0.29, 0.717) is 5.92 Å². The second-order valence-corrected chi connectivity index (χ2v) is 5.57. The molecule has 1 atom stereocenters. The molecule has 0 bridgehead atoms. The predicted octanol–water partition coefficient (Wildman–Crippen LogP) is 4.74. The van der Waals surface area contributed by atoms with Gasteiger partial charge in [-0.15, -0.1) is 0 Å². The Bertz CT molecular complexity index is 534. The Labute approximate surface area is 119 Å². The van der Waals surface area contributed by atoms with Gasteiger partial charge in [0.1, 0.15) is 0 Å². The maximum atomic E-state index is 9.66. The molecule has 2 heteroatoms. The van der Waals surface area contributed by atoms with Crippen molar-refractivity contribution in [3.63, 3.8) is 0 Å². The number of benzene rings is 2. The number of hydrogen-bond acceptors (Lipinski definition) is 1. The maximum Gasteiger partial charge on any atom is 0.0502 e. The normalized spacial score (nSPS) is 12.7. The molecule has 1 nitrogen and oxygen atoms in total. The van der Waals surface area contributed by atoms with Gasteiger partial charge in [-0.3, -0.25) is 0 Å². The molecule has 0 radical (unpaired) electrons. The molecule has 0 saturated carbocycles. The van der Waals surface area contributed by atoms with Crippen LogP contribution in [-0.2, 0) is 0 Å². The zero-order chi connectivity index (χ0) is 13.8. The van der Waals surface area contributed by atoms with Gasteiger partial charge in [0.15, 0.2) is 0 Å². The molecule has 0 heterocycles. The highest BCUT2D eigenvalue weighted by molar-refractivity contribution is 6.30. The van der Waals surface area contributed by atoms with Gasteiger partial charge < -0.3 is 5.11 Å². The van der Waals surface area contributed by atoms with Gasteiger partial charge in [0.2, 0.25) is 0 Å². The zero-order valence-electron chi connectivity index (χ0n) is 11.3. The molecule has 0 aliphatic heterocycles. The summed E-state index contributed by atoms with van der Waals surface area (Å²) in [5.41, 5.74) is 3.41. The number of halogens is 1. The average molecular weight is 275 g/mol. The first-order chi connectivity index (χ1) is 9.13. The van der Waals surface area contributed by atoms with Gasteiger partial charge in [0.05, 0.1) is 6.61 Å². The molecular formula is C17H19ClO. The Balaban J connectivity index is 2.56. The highest BCUT2D eigenvalue weighted by Crippen LogP contribution is 2.34. The van der Waals surface area contributed by atoms with Crippen LogP contribution in [0.1, 0.15) is 25.3 Å². The van der Waals surface area contributed by atoms with Crippen LogP contribution in [0.3, 0.4) is 0 Å². The van der Waals surface area contributed by atoms with E-state index in [1.54, 1.807) is 0 Å². The van der Waals surface area contributed by atoms with E-state index in [1.807, 2.05) is 36.4 Å². The summed E-state index contributed by atoms with van der Waals surface area (Å²) in [6.07, 6.45) is 0. The topological polar surface area (TPSA) is 20.2 Å². The summed E-state index contributed by atoms with van der Waals surface area (Å²) < 4.78 is 0. The monoisotopic (exact) mass is 274 g/mol. The van der Waals surface area contributed by atoms with Gasteiger partial charge in [0, 0.05) is 10.9 Å². The molecular weight excluding hydrogens is 256 g/mol. The smallest absolute Gasteiger partial charge is 0.0502 e. The molecule has 0 saturated heterocycles. The highest BCUT2D eigenvalue weighted by atomic mass is 35.5. The van der Waals surface area contributed by atoms with Crippen molar-refractivity contribution in [3.8, 4) is 11.1 Å². The van der Waals surface area contributed by atoms with Crippen LogP contribution in [0.15, 0.2) is 48.5 Å². The Hall–Kier alpha value is -1.31. The van der Waals surface area contributed by atoms with Crippen molar-refractivity contribution in [1.82, 2.24) is 0 Å². The van der Waals surface area contributed by atoms with E-state index in [9.17, 15) is 5.11 Å². The van der Waals surface area contributed by atoms with Gasteiger partial charge in [-0.05, 0) is 34.7 Å². The Kier molecular flexibility index (Phi) is 4.62. The van der Waals surface area contributed by atoms with Crippen LogP contribution in [-0.4, -0.2) is 11.7 Å². The lowest BCUT2D eigenvalue weighted by Crippen LogP contribution is -2.12. The van der Waals surface area contributed by atoms with E-state index in [-0.39, 0.29) is 12.5 Å². The second kappa shape index (κ2) is 6.23. The highest BCUT2D eigenvalue weighted by Gasteiger charge is 2.19.